The van der Waals surface area contributed by atoms with Gasteiger partial charge in [0, 0.05) is 24.7 Å². The molecule has 4 rings (SSSR count). The number of carbonyl (C=O) groups excluding carboxylic acids is 1. The summed E-state index contributed by atoms with van der Waals surface area (Å²) in [6.45, 7) is -0.912. The zero-order chi connectivity index (χ0) is 27.0. The number of hydrogen-bond donors (Lipinski definition) is 2. The van der Waals surface area contributed by atoms with Crippen molar-refractivity contribution in [3.63, 3.8) is 0 Å². The Hall–Kier alpha value is -3.72. The summed E-state index contributed by atoms with van der Waals surface area (Å²) in [6, 6.07) is 4.85. The number of halogens is 5. The molecule has 0 spiro atoms. The summed E-state index contributed by atoms with van der Waals surface area (Å²) in [7, 11) is -4.32. The Balaban J connectivity index is 1.50. The molecule has 2 N–H and O–H groups in total. The van der Waals surface area contributed by atoms with Crippen LogP contribution >= 0.6 is 0 Å². The van der Waals surface area contributed by atoms with E-state index in [-0.39, 0.29) is 28.4 Å². The van der Waals surface area contributed by atoms with Gasteiger partial charge in [0.1, 0.15) is 23.7 Å². The molecular formula is C22H18F5N5O4S. The van der Waals surface area contributed by atoms with Gasteiger partial charge in [-0.2, -0.15) is 27.4 Å². The van der Waals surface area contributed by atoms with Crippen LogP contribution in [0.5, 0.6) is 6.01 Å². The summed E-state index contributed by atoms with van der Waals surface area (Å²) in [5.74, 6) is -1.51. The Morgan fingerprint density at radius 2 is 1.84 bits per heavy atom. The fourth-order valence-electron chi connectivity index (χ4n) is 3.73. The van der Waals surface area contributed by atoms with Gasteiger partial charge in [-0.25, -0.2) is 17.2 Å². The predicted molar refractivity (Wildman–Crippen MR) is 117 cm³/mol. The van der Waals surface area contributed by atoms with E-state index in [0.717, 1.165) is 42.6 Å². The number of carbonyl (C=O) groups is 1. The maximum atomic E-state index is 14.2. The monoisotopic (exact) mass is 543 g/mol. The molecule has 0 bridgehead atoms. The minimum atomic E-state index is -4.64. The molecule has 1 saturated heterocycles. The van der Waals surface area contributed by atoms with Gasteiger partial charge in [-0.05, 0) is 42.5 Å². The number of sulfonamides is 1. The highest BCUT2D eigenvalue weighted by Gasteiger charge is 2.44. The van der Waals surface area contributed by atoms with Gasteiger partial charge in [0.15, 0.2) is 0 Å². The smallest absolute Gasteiger partial charge is 0.433 e. The van der Waals surface area contributed by atoms with Crippen molar-refractivity contribution in [2.24, 2.45) is 0 Å². The minimum absolute atomic E-state index is 0.0168. The number of amides is 1. The first-order valence-corrected chi connectivity index (χ1v) is 12.1. The number of alkyl halides is 4. The molecule has 2 atom stereocenters. The molecule has 37 heavy (non-hydrogen) atoms. The van der Waals surface area contributed by atoms with E-state index >= 15 is 0 Å². The predicted octanol–water partition coefficient (Wildman–Crippen LogP) is 2.82. The largest absolute Gasteiger partial charge is 0.479 e. The summed E-state index contributed by atoms with van der Waals surface area (Å²) < 4.78 is 92.2. The molecule has 0 saturated carbocycles. The van der Waals surface area contributed by atoms with Crippen LogP contribution in [0.4, 0.5) is 22.0 Å². The Morgan fingerprint density at radius 3 is 2.46 bits per heavy atom. The Bertz CT molecular complexity index is 1400. The van der Waals surface area contributed by atoms with E-state index in [1.807, 2.05) is 0 Å². The molecule has 1 aliphatic heterocycles. The highest BCUT2D eigenvalue weighted by molar-refractivity contribution is 7.89. The van der Waals surface area contributed by atoms with Gasteiger partial charge >= 0.3 is 12.2 Å². The summed E-state index contributed by atoms with van der Waals surface area (Å²) in [5, 5.41) is 12.3. The first-order chi connectivity index (χ1) is 17.3. The summed E-state index contributed by atoms with van der Waals surface area (Å²) in [5.41, 5.74) is -0.933. The van der Waals surface area contributed by atoms with Gasteiger partial charge in [-0.1, -0.05) is 0 Å². The zero-order valence-electron chi connectivity index (χ0n) is 18.7. The van der Waals surface area contributed by atoms with E-state index in [1.165, 1.54) is 6.07 Å². The van der Waals surface area contributed by atoms with Crippen LogP contribution in [0.15, 0.2) is 53.6 Å². The number of aromatic nitrogens is 3. The lowest BCUT2D eigenvalue weighted by Crippen LogP contribution is -2.45. The van der Waals surface area contributed by atoms with Crippen molar-refractivity contribution in [2.45, 2.75) is 36.3 Å². The third kappa shape index (κ3) is 5.83. The molecule has 3 heterocycles. The van der Waals surface area contributed by atoms with Crippen LogP contribution < -0.4 is 5.32 Å². The van der Waals surface area contributed by atoms with E-state index in [9.17, 15) is 40.3 Å². The van der Waals surface area contributed by atoms with Crippen LogP contribution in [0.2, 0.25) is 0 Å². The average Bonchev–Trinajstić information content (AvgIpc) is 3.25. The second kappa shape index (κ2) is 9.97. The van der Waals surface area contributed by atoms with Crippen molar-refractivity contribution >= 4 is 15.9 Å². The molecule has 0 aliphatic carbocycles. The molecule has 1 amide bonds. The number of nitrogens with zero attached hydrogens (tertiary/aromatic N) is 4. The van der Waals surface area contributed by atoms with Crippen molar-refractivity contribution in [1.29, 1.82) is 0 Å². The Labute approximate surface area is 207 Å². The van der Waals surface area contributed by atoms with E-state index in [0.29, 0.717) is 4.31 Å². The van der Waals surface area contributed by atoms with E-state index in [4.69, 9.17) is 0 Å². The van der Waals surface area contributed by atoms with E-state index in [1.54, 1.807) is 0 Å². The third-order valence-electron chi connectivity index (χ3n) is 5.49. The van der Waals surface area contributed by atoms with Crippen LogP contribution in [0.3, 0.4) is 0 Å². The van der Waals surface area contributed by atoms with Crippen LogP contribution in [0, 0.1) is 5.82 Å². The molecule has 1 aromatic carbocycles. The standard InChI is InChI=1S/C22H18F5N5O4S/c23-13-2-4-16(5-3-13)37(35,36)32-11-14(24)7-18(32)20(33)29-10-15-8-17(31-21(34)30-15)12-1-6-19(28-9-12)22(25,26)27/h1-6,8-9,14,18H,7,10-11H2,(H,29,33)(H,30,31,34)/t14-,18+/m1/s1. The van der Waals surface area contributed by atoms with Gasteiger partial charge in [0.2, 0.25) is 15.9 Å². The minimum Gasteiger partial charge on any atom is -0.479 e. The number of pyridine rings is 1. The molecule has 0 radical (unpaired) electrons. The lowest BCUT2D eigenvalue weighted by molar-refractivity contribution is -0.141. The number of benzene rings is 1. The van der Waals surface area contributed by atoms with Crippen LogP contribution in [0.25, 0.3) is 11.3 Å². The molecule has 196 valence electrons. The van der Waals surface area contributed by atoms with Gasteiger partial charge in [-0.15, -0.1) is 0 Å². The number of aromatic hydroxyl groups is 1. The first-order valence-electron chi connectivity index (χ1n) is 10.6. The molecule has 0 unspecified atom stereocenters. The van der Waals surface area contributed by atoms with Crippen LogP contribution in [-0.4, -0.2) is 57.4 Å². The normalized spacial score (nSPS) is 18.6. The van der Waals surface area contributed by atoms with Gasteiger partial charge < -0.3 is 10.4 Å². The van der Waals surface area contributed by atoms with Gasteiger partial charge in [0.25, 0.3) is 0 Å². The fourth-order valence-corrected chi connectivity index (χ4v) is 5.36. The second-order valence-corrected chi connectivity index (χ2v) is 9.96. The second-order valence-electron chi connectivity index (χ2n) is 8.07. The molecule has 1 aliphatic rings. The number of rotatable bonds is 6. The maximum absolute atomic E-state index is 14.2. The quantitative estimate of drug-likeness (QED) is 0.458. The van der Waals surface area contributed by atoms with Crippen molar-refractivity contribution in [1.82, 2.24) is 24.6 Å². The summed E-state index contributed by atoms with van der Waals surface area (Å²) in [4.78, 5) is 23.3. The lowest BCUT2D eigenvalue weighted by Gasteiger charge is -2.23. The maximum Gasteiger partial charge on any atom is 0.433 e. The van der Waals surface area contributed by atoms with Crippen molar-refractivity contribution in [2.75, 3.05) is 6.54 Å². The number of hydrogen-bond acceptors (Lipinski definition) is 7. The van der Waals surface area contributed by atoms with E-state index < -0.39 is 64.8 Å². The van der Waals surface area contributed by atoms with E-state index in [2.05, 4.69) is 20.3 Å². The molecule has 2 aromatic heterocycles. The Kier molecular flexibility index (Phi) is 7.10. The molecule has 1 fully saturated rings. The average molecular weight is 543 g/mol. The molecular weight excluding hydrogens is 525 g/mol. The van der Waals surface area contributed by atoms with Gasteiger partial charge in [0.05, 0.1) is 22.8 Å². The van der Waals surface area contributed by atoms with Crippen LogP contribution in [-0.2, 0) is 27.5 Å². The zero-order valence-corrected chi connectivity index (χ0v) is 19.5. The topological polar surface area (TPSA) is 125 Å². The summed E-state index contributed by atoms with van der Waals surface area (Å²) in [6.07, 6.45) is -5.76. The number of nitrogens with one attached hydrogen (secondary N) is 1. The van der Waals surface area contributed by atoms with Gasteiger partial charge in [-0.3, -0.25) is 9.78 Å². The Morgan fingerprint density at radius 1 is 1.14 bits per heavy atom. The fraction of sp³-hybridized carbons (Fsp3) is 0.273. The highest BCUT2D eigenvalue weighted by atomic mass is 32.2. The van der Waals surface area contributed by atoms with Crippen LogP contribution in [0.1, 0.15) is 17.8 Å². The van der Waals surface area contributed by atoms with Crippen molar-refractivity contribution < 1.29 is 40.3 Å². The summed E-state index contributed by atoms with van der Waals surface area (Å²) >= 11 is 0. The van der Waals surface area contributed by atoms with Crippen molar-refractivity contribution in [3.8, 4) is 17.3 Å². The van der Waals surface area contributed by atoms with Crippen molar-refractivity contribution in [3.05, 3.63) is 65.9 Å². The SMILES string of the molecule is O=C(NCc1cc(-c2ccc(C(F)(F)F)nc2)nc(O)n1)[C@@H]1C[C@@H](F)CN1S(=O)(=O)c1ccc(F)cc1. The molecule has 15 heteroatoms. The third-order valence-corrected chi connectivity index (χ3v) is 7.38. The molecule has 3 aromatic rings. The first kappa shape index (κ1) is 26.3. The molecule has 9 nitrogen and oxygen atoms in total. The lowest BCUT2D eigenvalue weighted by atomic mass is 10.1. The highest BCUT2D eigenvalue weighted by Crippen LogP contribution is 2.30.